The van der Waals surface area contributed by atoms with E-state index in [-0.39, 0.29) is 23.8 Å². The lowest BCUT2D eigenvalue weighted by Gasteiger charge is -2.03. The Kier molecular flexibility index (Phi) is 4.56. The Balaban J connectivity index is 1.95. The Morgan fingerprint density at radius 2 is 2.00 bits per heavy atom. The van der Waals surface area contributed by atoms with E-state index >= 15 is 0 Å². The number of amides is 1. The second-order valence-corrected chi connectivity index (χ2v) is 4.65. The third-order valence-corrected chi connectivity index (χ3v) is 2.94. The van der Waals surface area contributed by atoms with Gasteiger partial charge in [-0.3, -0.25) is 4.79 Å². The number of carbonyl (C=O) groups is 1. The van der Waals surface area contributed by atoms with Gasteiger partial charge in [0, 0.05) is 5.56 Å². The van der Waals surface area contributed by atoms with Gasteiger partial charge < -0.3 is 10.2 Å². The van der Waals surface area contributed by atoms with Crippen molar-refractivity contribution in [3.63, 3.8) is 0 Å². The number of nitrogens with zero attached hydrogens (tertiary/aromatic N) is 1. The van der Waals surface area contributed by atoms with Crippen molar-refractivity contribution in [2.75, 3.05) is 0 Å². The summed E-state index contributed by atoms with van der Waals surface area (Å²) < 4.78 is 0. The number of aryl methyl sites for hydroxylation is 1. The molecule has 0 aliphatic heterocycles. The Morgan fingerprint density at radius 3 is 2.76 bits per heavy atom. The Morgan fingerprint density at radius 1 is 1.24 bits per heavy atom. The lowest BCUT2D eigenvalue weighted by molar-refractivity contribution is -0.120. The minimum atomic E-state index is -0.302. The normalized spacial score (nSPS) is 10.7. The summed E-state index contributed by atoms with van der Waals surface area (Å²) in [5, 5.41) is 22.9. The lowest BCUT2D eigenvalue weighted by Crippen LogP contribution is -2.19. The van der Waals surface area contributed by atoms with Crippen molar-refractivity contribution in [1.82, 2.24) is 5.43 Å². The zero-order chi connectivity index (χ0) is 15.2. The Hall–Kier alpha value is -2.82. The monoisotopic (exact) mass is 284 g/mol. The maximum atomic E-state index is 11.7. The molecule has 108 valence electrons. The van der Waals surface area contributed by atoms with Crippen LogP contribution < -0.4 is 5.43 Å². The second kappa shape index (κ2) is 6.56. The number of para-hydroxylation sites is 1. The van der Waals surface area contributed by atoms with E-state index in [9.17, 15) is 15.0 Å². The van der Waals surface area contributed by atoms with Crippen LogP contribution in [-0.2, 0) is 11.2 Å². The fourth-order valence-corrected chi connectivity index (χ4v) is 1.85. The highest BCUT2D eigenvalue weighted by atomic mass is 16.3. The summed E-state index contributed by atoms with van der Waals surface area (Å²) in [4.78, 5) is 11.7. The van der Waals surface area contributed by atoms with Crippen molar-refractivity contribution in [1.29, 1.82) is 0 Å². The Bertz CT molecular complexity index is 681. The first-order valence-corrected chi connectivity index (χ1v) is 6.44. The number of nitrogens with one attached hydrogen (secondary N) is 1. The van der Waals surface area contributed by atoms with Gasteiger partial charge in [-0.05, 0) is 36.2 Å². The van der Waals surface area contributed by atoms with Crippen LogP contribution in [0.2, 0.25) is 0 Å². The smallest absolute Gasteiger partial charge is 0.244 e. The van der Waals surface area contributed by atoms with E-state index in [0.717, 1.165) is 5.56 Å². The van der Waals surface area contributed by atoms with E-state index in [4.69, 9.17) is 0 Å². The van der Waals surface area contributed by atoms with Gasteiger partial charge in [0.25, 0.3) is 0 Å². The van der Waals surface area contributed by atoms with Crippen LogP contribution in [0.25, 0.3) is 0 Å². The van der Waals surface area contributed by atoms with Crippen molar-refractivity contribution in [2.24, 2.45) is 5.10 Å². The minimum Gasteiger partial charge on any atom is -0.508 e. The number of hydrogen-bond acceptors (Lipinski definition) is 4. The molecule has 0 saturated heterocycles. The molecule has 1 amide bonds. The van der Waals surface area contributed by atoms with E-state index in [1.54, 1.807) is 43.3 Å². The molecular formula is C16H16N2O3. The van der Waals surface area contributed by atoms with Crippen LogP contribution in [0.3, 0.4) is 0 Å². The molecule has 0 heterocycles. The molecule has 0 spiro atoms. The molecule has 2 aromatic carbocycles. The van der Waals surface area contributed by atoms with Crippen LogP contribution in [0.1, 0.15) is 16.7 Å². The summed E-state index contributed by atoms with van der Waals surface area (Å²) in [6.07, 6.45) is 1.51. The van der Waals surface area contributed by atoms with Gasteiger partial charge >= 0.3 is 0 Å². The summed E-state index contributed by atoms with van der Waals surface area (Å²) in [6, 6.07) is 11.8. The fourth-order valence-electron chi connectivity index (χ4n) is 1.85. The topological polar surface area (TPSA) is 81.9 Å². The quantitative estimate of drug-likeness (QED) is 0.594. The summed E-state index contributed by atoms with van der Waals surface area (Å²) in [7, 11) is 0. The molecule has 0 saturated carbocycles. The molecule has 0 bridgehead atoms. The third-order valence-electron chi connectivity index (χ3n) is 2.94. The second-order valence-electron chi connectivity index (χ2n) is 4.65. The zero-order valence-corrected chi connectivity index (χ0v) is 11.6. The van der Waals surface area contributed by atoms with E-state index < -0.39 is 0 Å². The highest BCUT2D eigenvalue weighted by Gasteiger charge is 2.03. The molecule has 0 aliphatic carbocycles. The molecule has 0 unspecified atom stereocenters. The number of hydrogen-bond donors (Lipinski definition) is 3. The number of benzene rings is 2. The predicted molar refractivity (Wildman–Crippen MR) is 80.4 cm³/mol. The lowest BCUT2D eigenvalue weighted by atomic mass is 10.1. The largest absolute Gasteiger partial charge is 0.508 e. The van der Waals surface area contributed by atoms with Crippen molar-refractivity contribution in [3.8, 4) is 11.5 Å². The van der Waals surface area contributed by atoms with E-state index in [1.807, 2.05) is 0 Å². The first-order chi connectivity index (χ1) is 10.1. The number of phenols is 2. The summed E-state index contributed by atoms with van der Waals surface area (Å²) >= 11 is 0. The number of carbonyl (C=O) groups excluding carboxylic acids is 1. The van der Waals surface area contributed by atoms with Crippen molar-refractivity contribution >= 4 is 12.1 Å². The van der Waals surface area contributed by atoms with Crippen LogP contribution in [-0.4, -0.2) is 22.3 Å². The van der Waals surface area contributed by atoms with Crippen LogP contribution in [0, 0.1) is 6.92 Å². The van der Waals surface area contributed by atoms with Crippen LogP contribution >= 0.6 is 0 Å². The minimum absolute atomic E-state index is 0.117. The number of rotatable bonds is 4. The van der Waals surface area contributed by atoms with Gasteiger partial charge in [-0.1, -0.05) is 24.3 Å². The molecule has 2 aromatic rings. The van der Waals surface area contributed by atoms with Crippen molar-refractivity contribution in [3.05, 3.63) is 59.2 Å². The summed E-state index contributed by atoms with van der Waals surface area (Å²) in [5.41, 5.74) is 4.35. The van der Waals surface area contributed by atoms with Gasteiger partial charge in [0.05, 0.1) is 12.6 Å². The first kappa shape index (κ1) is 14.6. The van der Waals surface area contributed by atoms with Crippen LogP contribution in [0.5, 0.6) is 11.5 Å². The predicted octanol–water partition coefficient (Wildman–Crippen LogP) is 2.10. The first-order valence-electron chi connectivity index (χ1n) is 6.44. The molecule has 5 nitrogen and oxygen atoms in total. The maximum Gasteiger partial charge on any atom is 0.244 e. The molecule has 3 N–H and O–H groups in total. The van der Waals surface area contributed by atoms with Gasteiger partial charge in [-0.15, -0.1) is 0 Å². The van der Waals surface area contributed by atoms with Gasteiger partial charge in [0.2, 0.25) is 5.91 Å². The average Bonchev–Trinajstić information content (AvgIpc) is 2.43. The molecule has 0 radical (unpaired) electrons. The van der Waals surface area contributed by atoms with Crippen LogP contribution in [0.4, 0.5) is 0 Å². The molecule has 0 aliphatic rings. The average molecular weight is 284 g/mol. The van der Waals surface area contributed by atoms with E-state index in [1.165, 1.54) is 12.3 Å². The van der Waals surface area contributed by atoms with Gasteiger partial charge in [0.1, 0.15) is 11.5 Å². The molecule has 21 heavy (non-hydrogen) atoms. The maximum absolute atomic E-state index is 11.7. The molecule has 0 fully saturated rings. The third kappa shape index (κ3) is 4.07. The van der Waals surface area contributed by atoms with E-state index in [0.29, 0.717) is 11.1 Å². The highest BCUT2D eigenvalue weighted by molar-refractivity contribution is 5.86. The fraction of sp³-hybridized carbons (Fsp3) is 0.125. The number of phenolic OH excluding ortho intramolecular Hbond substituents is 2. The standard InChI is InChI=1S/C16H16N2O3/c1-11-4-2-6-13(16(11)21)10-17-18-15(20)9-12-5-3-7-14(19)8-12/h2-8,10,19,21H,9H2,1H3,(H,18,20). The van der Waals surface area contributed by atoms with Crippen LogP contribution in [0.15, 0.2) is 47.6 Å². The number of aromatic hydroxyl groups is 2. The summed E-state index contributed by atoms with van der Waals surface area (Å²) in [5.74, 6) is -0.0408. The molecule has 0 aromatic heterocycles. The molecule has 0 atom stereocenters. The SMILES string of the molecule is Cc1cccc(C=NNC(=O)Cc2cccc(O)c2)c1O. The summed E-state index contributed by atoms with van der Waals surface area (Å²) in [6.45, 7) is 1.78. The molecule has 2 rings (SSSR count). The van der Waals surface area contributed by atoms with Gasteiger partial charge in [0.15, 0.2) is 0 Å². The Labute approximate surface area is 122 Å². The zero-order valence-electron chi connectivity index (χ0n) is 11.6. The number of hydrazone groups is 1. The van der Waals surface area contributed by atoms with Crippen molar-refractivity contribution in [2.45, 2.75) is 13.3 Å². The van der Waals surface area contributed by atoms with Gasteiger partial charge in [-0.25, -0.2) is 5.43 Å². The van der Waals surface area contributed by atoms with Crippen molar-refractivity contribution < 1.29 is 15.0 Å². The highest BCUT2D eigenvalue weighted by Crippen LogP contribution is 2.19. The van der Waals surface area contributed by atoms with Gasteiger partial charge in [-0.2, -0.15) is 5.10 Å². The van der Waals surface area contributed by atoms with E-state index in [2.05, 4.69) is 10.5 Å². The molecule has 5 heteroatoms. The molecular weight excluding hydrogens is 268 g/mol.